The molecular weight excluding hydrogens is 366 g/mol. The second-order valence-corrected chi connectivity index (χ2v) is 7.35. The van der Waals surface area contributed by atoms with E-state index in [-0.39, 0.29) is 11.9 Å². The van der Waals surface area contributed by atoms with Gasteiger partial charge >= 0.3 is 0 Å². The number of amides is 1. The Balaban J connectivity index is 1.54. The van der Waals surface area contributed by atoms with Crippen molar-refractivity contribution >= 4 is 17.4 Å². The molecule has 7 heteroatoms. The molecule has 0 radical (unpaired) electrons. The molecule has 3 aromatic rings. The number of nitrogens with zero attached hydrogens (tertiary/aromatic N) is 4. The summed E-state index contributed by atoms with van der Waals surface area (Å²) >= 11 is 0. The highest BCUT2D eigenvalue weighted by Gasteiger charge is 2.27. The maximum atomic E-state index is 12.3. The molecule has 4 rings (SSSR count). The second kappa shape index (κ2) is 8.51. The Labute approximate surface area is 170 Å². The number of methoxy groups -OCH3 is 1. The summed E-state index contributed by atoms with van der Waals surface area (Å²) in [6.45, 7) is 3.61. The average molecular weight is 393 g/mol. The van der Waals surface area contributed by atoms with Gasteiger partial charge in [-0.3, -0.25) is 4.79 Å². The lowest BCUT2D eigenvalue weighted by molar-refractivity contribution is -0.131. The minimum atomic E-state index is 0.227. The van der Waals surface area contributed by atoms with E-state index in [0.29, 0.717) is 13.0 Å². The molecule has 7 nitrogen and oxygen atoms in total. The Bertz CT molecular complexity index is 1000. The topological polar surface area (TPSA) is 71.8 Å². The van der Waals surface area contributed by atoms with Crippen LogP contribution in [0, 0.1) is 0 Å². The van der Waals surface area contributed by atoms with Crippen molar-refractivity contribution in [3.63, 3.8) is 0 Å². The molecule has 0 saturated carbocycles. The van der Waals surface area contributed by atoms with Crippen molar-refractivity contribution in [2.24, 2.45) is 0 Å². The summed E-state index contributed by atoms with van der Waals surface area (Å²) in [5, 5.41) is 7.85. The first-order valence-electron chi connectivity index (χ1n) is 10.2. The zero-order valence-corrected chi connectivity index (χ0v) is 17.0. The van der Waals surface area contributed by atoms with E-state index in [1.165, 1.54) is 0 Å². The Morgan fingerprint density at radius 1 is 1.28 bits per heavy atom. The summed E-state index contributed by atoms with van der Waals surface area (Å²) in [4.78, 5) is 19.1. The number of carbonyl (C=O) groups is 1. The molecule has 0 bridgehead atoms. The van der Waals surface area contributed by atoms with Crippen molar-refractivity contribution in [1.29, 1.82) is 0 Å². The van der Waals surface area contributed by atoms with E-state index in [1.54, 1.807) is 11.6 Å². The van der Waals surface area contributed by atoms with Crippen LogP contribution in [0.4, 0.5) is 5.82 Å². The minimum absolute atomic E-state index is 0.227. The summed E-state index contributed by atoms with van der Waals surface area (Å²) in [6.07, 6.45) is 7.32. The van der Waals surface area contributed by atoms with E-state index in [1.807, 2.05) is 54.5 Å². The van der Waals surface area contributed by atoms with Gasteiger partial charge in [-0.25, -0.2) is 9.50 Å². The highest BCUT2D eigenvalue weighted by atomic mass is 16.5. The van der Waals surface area contributed by atoms with Crippen molar-refractivity contribution in [3.05, 3.63) is 42.7 Å². The number of rotatable bonds is 7. The summed E-state index contributed by atoms with van der Waals surface area (Å²) in [5.41, 5.74) is 2.65. The second-order valence-electron chi connectivity index (χ2n) is 7.35. The van der Waals surface area contributed by atoms with E-state index >= 15 is 0 Å². The van der Waals surface area contributed by atoms with Crippen LogP contribution in [-0.2, 0) is 4.79 Å². The first kappa shape index (κ1) is 19.2. The highest BCUT2D eigenvalue weighted by Crippen LogP contribution is 2.32. The molecule has 1 aliphatic rings. The van der Waals surface area contributed by atoms with Gasteiger partial charge in [0.1, 0.15) is 11.6 Å². The quantitative estimate of drug-likeness (QED) is 0.664. The fourth-order valence-corrected chi connectivity index (χ4v) is 3.98. The molecule has 0 spiro atoms. The van der Waals surface area contributed by atoms with Gasteiger partial charge < -0.3 is 15.0 Å². The molecule has 1 aliphatic heterocycles. The van der Waals surface area contributed by atoms with Gasteiger partial charge in [0.2, 0.25) is 5.91 Å². The molecule has 1 saturated heterocycles. The molecule has 1 fully saturated rings. The Morgan fingerprint density at radius 3 is 2.97 bits per heavy atom. The number of anilines is 1. The van der Waals surface area contributed by atoms with E-state index in [4.69, 9.17) is 9.72 Å². The number of carbonyl (C=O) groups excluding carboxylic acids is 1. The summed E-state index contributed by atoms with van der Waals surface area (Å²) in [6, 6.07) is 10.0. The van der Waals surface area contributed by atoms with Gasteiger partial charge in [0.25, 0.3) is 0 Å². The monoisotopic (exact) mass is 393 g/mol. The smallest absolute Gasteiger partial charge is 0.222 e. The average Bonchev–Trinajstić information content (AvgIpc) is 3.39. The molecule has 1 N–H and O–H groups in total. The van der Waals surface area contributed by atoms with Crippen LogP contribution >= 0.6 is 0 Å². The largest absolute Gasteiger partial charge is 0.496 e. The van der Waals surface area contributed by atoms with Crippen LogP contribution in [0.15, 0.2) is 42.7 Å². The highest BCUT2D eigenvalue weighted by molar-refractivity contribution is 5.81. The fraction of sp³-hybridized carbons (Fsp3) is 0.409. The molecule has 0 aliphatic carbocycles. The third-order valence-corrected chi connectivity index (χ3v) is 5.45. The van der Waals surface area contributed by atoms with Gasteiger partial charge in [-0.15, -0.1) is 0 Å². The van der Waals surface area contributed by atoms with Gasteiger partial charge in [-0.05, 0) is 31.4 Å². The van der Waals surface area contributed by atoms with Crippen LogP contribution in [0.1, 0.15) is 32.6 Å². The standard InChI is InChI=1S/C22H27N5O2/c1-3-7-21(28)26-12-6-8-16(26)14-23-20-11-13-27-22(25-20)18(15-24-27)17-9-4-5-10-19(17)29-2/h4-5,9-11,13,15-16H,3,6-8,12,14H2,1-2H3,(H,23,25). The van der Waals surface area contributed by atoms with E-state index in [0.717, 1.165) is 54.1 Å². The zero-order valence-electron chi connectivity index (χ0n) is 17.0. The normalized spacial score (nSPS) is 16.3. The van der Waals surface area contributed by atoms with Gasteiger partial charge in [0, 0.05) is 37.3 Å². The number of nitrogens with one attached hydrogen (secondary N) is 1. The van der Waals surface area contributed by atoms with Crippen LogP contribution in [0.5, 0.6) is 5.75 Å². The molecule has 1 aromatic carbocycles. The summed E-state index contributed by atoms with van der Waals surface area (Å²) in [7, 11) is 1.66. The number of aromatic nitrogens is 3. The lowest BCUT2D eigenvalue weighted by atomic mass is 10.1. The summed E-state index contributed by atoms with van der Waals surface area (Å²) < 4.78 is 7.26. The van der Waals surface area contributed by atoms with Crippen LogP contribution in [0.2, 0.25) is 0 Å². The van der Waals surface area contributed by atoms with Crippen molar-refractivity contribution in [3.8, 4) is 16.9 Å². The number of para-hydroxylation sites is 1. The molecule has 1 unspecified atom stereocenters. The summed E-state index contributed by atoms with van der Waals surface area (Å²) in [5.74, 6) is 1.83. The van der Waals surface area contributed by atoms with Crippen molar-refractivity contribution < 1.29 is 9.53 Å². The number of benzene rings is 1. The predicted molar refractivity (Wildman–Crippen MR) is 113 cm³/mol. The van der Waals surface area contributed by atoms with Crippen molar-refractivity contribution in [1.82, 2.24) is 19.5 Å². The lowest BCUT2D eigenvalue weighted by Gasteiger charge is -2.25. The maximum absolute atomic E-state index is 12.3. The van der Waals surface area contributed by atoms with Gasteiger partial charge in [0.05, 0.1) is 18.9 Å². The Kier molecular flexibility index (Phi) is 5.64. The number of fused-ring (bicyclic) bond motifs is 1. The minimum Gasteiger partial charge on any atom is -0.496 e. The van der Waals surface area contributed by atoms with Crippen LogP contribution in [-0.4, -0.2) is 51.6 Å². The first-order chi connectivity index (χ1) is 14.2. The molecule has 3 heterocycles. The third kappa shape index (κ3) is 3.90. The Hall–Kier alpha value is -3.09. The molecular formula is C22H27N5O2. The Morgan fingerprint density at radius 2 is 2.14 bits per heavy atom. The number of hydrogen-bond donors (Lipinski definition) is 1. The fourth-order valence-electron chi connectivity index (χ4n) is 3.98. The van der Waals surface area contributed by atoms with Gasteiger partial charge in [-0.1, -0.05) is 25.1 Å². The predicted octanol–water partition coefficient (Wildman–Crippen LogP) is 3.61. The lowest BCUT2D eigenvalue weighted by Crippen LogP contribution is -2.39. The molecule has 2 aromatic heterocycles. The molecule has 1 amide bonds. The maximum Gasteiger partial charge on any atom is 0.222 e. The van der Waals surface area contributed by atoms with Crippen LogP contribution < -0.4 is 10.1 Å². The van der Waals surface area contributed by atoms with Crippen LogP contribution in [0.3, 0.4) is 0 Å². The SMILES string of the molecule is CCCC(=O)N1CCCC1CNc1ccn2ncc(-c3ccccc3OC)c2n1. The van der Waals surface area contributed by atoms with Crippen molar-refractivity contribution in [2.75, 3.05) is 25.5 Å². The van der Waals surface area contributed by atoms with Crippen molar-refractivity contribution in [2.45, 2.75) is 38.6 Å². The molecule has 1 atom stereocenters. The third-order valence-electron chi connectivity index (χ3n) is 5.45. The molecule has 152 valence electrons. The number of ether oxygens (including phenoxy) is 1. The van der Waals surface area contributed by atoms with Gasteiger partial charge in [-0.2, -0.15) is 5.10 Å². The van der Waals surface area contributed by atoms with Gasteiger partial charge in [0.15, 0.2) is 5.65 Å². The van der Waals surface area contributed by atoms with E-state index < -0.39 is 0 Å². The van der Waals surface area contributed by atoms with E-state index in [9.17, 15) is 4.79 Å². The first-order valence-corrected chi connectivity index (χ1v) is 10.2. The van der Waals surface area contributed by atoms with E-state index in [2.05, 4.69) is 10.4 Å². The molecule has 29 heavy (non-hydrogen) atoms. The number of hydrogen-bond acceptors (Lipinski definition) is 5. The zero-order chi connectivity index (χ0) is 20.2. The van der Waals surface area contributed by atoms with Crippen LogP contribution in [0.25, 0.3) is 16.8 Å². The number of likely N-dealkylation sites (tertiary alicyclic amines) is 1.